The quantitative estimate of drug-likeness (QED) is 0.784. The molecule has 3 rings (SSSR count). The van der Waals surface area contributed by atoms with Crippen LogP contribution in [0.1, 0.15) is 16.7 Å². The molecule has 20 heavy (non-hydrogen) atoms. The number of aliphatic imine (C=N–C) groups is 1. The second kappa shape index (κ2) is 5.29. The van der Waals surface area contributed by atoms with Crippen molar-refractivity contribution in [2.45, 2.75) is 12.5 Å². The Hall–Kier alpha value is -1.80. The lowest BCUT2D eigenvalue weighted by molar-refractivity contribution is 0.112. The van der Waals surface area contributed by atoms with Gasteiger partial charge in [0.2, 0.25) is 5.90 Å². The first-order valence-electron chi connectivity index (χ1n) is 6.65. The van der Waals surface area contributed by atoms with E-state index in [0.29, 0.717) is 18.3 Å². The number of hydrogen-bond donors (Lipinski definition) is 0. The van der Waals surface area contributed by atoms with Crippen LogP contribution in [0.15, 0.2) is 59.6 Å². The first-order chi connectivity index (χ1) is 9.73. The molecule has 2 nitrogen and oxygen atoms in total. The van der Waals surface area contributed by atoms with Crippen molar-refractivity contribution in [1.29, 1.82) is 0 Å². The van der Waals surface area contributed by atoms with E-state index in [-0.39, 0.29) is 0 Å². The SMILES string of the molecule is Cc1ccc(C2=NC[C@@](CCl)(c3ccccc3)O2)cc1. The fraction of sp³-hybridized carbons (Fsp3) is 0.235. The van der Waals surface area contributed by atoms with Crippen LogP contribution in [-0.2, 0) is 10.3 Å². The van der Waals surface area contributed by atoms with Crippen LogP contribution in [0.4, 0.5) is 0 Å². The molecular formula is C17H16ClNO. The maximum Gasteiger partial charge on any atom is 0.217 e. The van der Waals surface area contributed by atoms with Crippen molar-refractivity contribution in [3.63, 3.8) is 0 Å². The van der Waals surface area contributed by atoms with Gasteiger partial charge in [0.15, 0.2) is 5.60 Å². The molecule has 0 fully saturated rings. The second-order valence-corrected chi connectivity index (χ2v) is 5.35. The van der Waals surface area contributed by atoms with Crippen molar-refractivity contribution in [1.82, 2.24) is 0 Å². The standard InChI is InChI=1S/C17H16ClNO/c1-13-7-9-14(10-8-13)16-19-12-17(11-18,20-16)15-5-3-2-4-6-15/h2-10H,11-12H2,1H3/t17-/m0/s1. The minimum Gasteiger partial charge on any atom is -0.463 e. The summed E-state index contributed by atoms with van der Waals surface area (Å²) in [6, 6.07) is 18.2. The molecule has 0 aliphatic carbocycles. The van der Waals surface area contributed by atoms with Crippen LogP contribution in [0.5, 0.6) is 0 Å². The molecule has 0 unspecified atom stereocenters. The normalized spacial score (nSPS) is 21.4. The summed E-state index contributed by atoms with van der Waals surface area (Å²) in [4.78, 5) is 4.55. The summed E-state index contributed by atoms with van der Waals surface area (Å²) >= 11 is 6.18. The van der Waals surface area contributed by atoms with E-state index in [2.05, 4.69) is 24.0 Å². The first kappa shape index (κ1) is 13.2. The Balaban J connectivity index is 1.88. The highest BCUT2D eigenvalue weighted by atomic mass is 35.5. The lowest BCUT2D eigenvalue weighted by Crippen LogP contribution is -2.32. The van der Waals surface area contributed by atoms with Crippen molar-refractivity contribution in [3.05, 3.63) is 71.3 Å². The fourth-order valence-electron chi connectivity index (χ4n) is 2.33. The van der Waals surface area contributed by atoms with E-state index in [1.54, 1.807) is 0 Å². The van der Waals surface area contributed by atoms with E-state index in [1.807, 2.05) is 42.5 Å². The smallest absolute Gasteiger partial charge is 0.217 e. The number of benzene rings is 2. The maximum absolute atomic E-state index is 6.18. The molecular weight excluding hydrogens is 270 g/mol. The Morgan fingerprint density at radius 2 is 1.80 bits per heavy atom. The summed E-state index contributed by atoms with van der Waals surface area (Å²) in [6.45, 7) is 2.62. The molecule has 0 amide bonds. The molecule has 0 radical (unpaired) electrons. The van der Waals surface area contributed by atoms with Gasteiger partial charge in [-0.25, -0.2) is 4.99 Å². The molecule has 1 heterocycles. The van der Waals surface area contributed by atoms with E-state index in [4.69, 9.17) is 16.3 Å². The van der Waals surface area contributed by atoms with Gasteiger partial charge < -0.3 is 4.74 Å². The summed E-state index contributed by atoms with van der Waals surface area (Å²) < 4.78 is 6.13. The van der Waals surface area contributed by atoms with Gasteiger partial charge in [-0.3, -0.25) is 0 Å². The van der Waals surface area contributed by atoms with Gasteiger partial charge in [0.1, 0.15) is 0 Å². The van der Waals surface area contributed by atoms with Crippen LogP contribution in [0.2, 0.25) is 0 Å². The molecule has 1 atom stereocenters. The van der Waals surface area contributed by atoms with Crippen molar-refractivity contribution >= 4 is 17.5 Å². The van der Waals surface area contributed by atoms with E-state index < -0.39 is 5.60 Å². The minimum absolute atomic E-state index is 0.385. The van der Waals surface area contributed by atoms with Crippen LogP contribution < -0.4 is 0 Å². The molecule has 102 valence electrons. The molecule has 3 heteroatoms. The molecule has 1 aliphatic heterocycles. The lowest BCUT2D eigenvalue weighted by Gasteiger charge is -2.26. The lowest BCUT2D eigenvalue weighted by atomic mass is 9.96. The first-order valence-corrected chi connectivity index (χ1v) is 7.19. The summed E-state index contributed by atoms with van der Waals surface area (Å²) in [5, 5.41) is 0. The van der Waals surface area contributed by atoms with Gasteiger partial charge in [0.05, 0.1) is 12.4 Å². The highest BCUT2D eigenvalue weighted by Crippen LogP contribution is 2.33. The molecule has 0 aromatic heterocycles. The minimum atomic E-state index is -0.539. The van der Waals surface area contributed by atoms with Crippen LogP contribution >= 0.6 is 11.6 Å². The average molecular weight is 286 g/mol. The van der Waals surface area contributed by atoms with Gasteiger partial charge in [0, 0.05) is 5.56 Å². The highest BCUT2D eigenvalue weighted by molar-refractivity contribution is 6.19. The molecule has 2 aromatic carbocycles. The summed E-state index contributed by atoms with van der Waals surface area (Å²) in [7, 11) is 0. The molecule has 0 saturated heterocycles. The summed E-state index contributed by atoms with van der Waals surface area (Å²) in [5.74, 6) is 1.06. The van der Waals surface area contributed by atoms with Crippen molar-refractivity contribution < 1.29 is 4.74 Å². The monoisotopic (exact) mass is 285 g/mol. The van der Waals surface area contributed by atoms with Crippen molar-refractivity contribution in [3.8, 4) is 0 Å². The van der Waals surface area contributed by atoms with E-state index in [0.717, 1.165) is 11.1 Å². The zero-order chi connectivity index (χ0) is 14.0. The van der Waals surface area contributed by atoms with Gasteiger partial charge in [-0.1, -0.05) is 48.0 Å². The third-order valence-electron chi connectivity index (χ3n) is 3.58. The molecule has 1 aliphatic rings. The van der Waals surface area contributed by atoms with E-state index in [9.17, 15) is 0 Å². The Morgan fingerprint density at radius 3 is 2.45 bits per heavy atom. The third kappa shape index (κ3) is 2.32. The number of halogens is 1. The Bertz CT molecular complexity index is 621. The number of hydrogen-bond acceptors (Lipinski definition) is 2. The molecule has 0 bridgehead atoms. The number of ether oxygens (including phenoxy) is 1. The largest absolute Gasteiger partial charge is 0.463 e. The van der Waals surface area contributed by atoms with Crippen LogP contribution in [0.3, 0.4) is 0 Å². The third-order valence-corrected chi connectivity index (χ3v) is 4.02. The average Bonchev–Trinajstić information content (AvgIpc) is 2.95. The Morgan fingerprint density at radius 1 is 1.10 bits per heavy atom. The van der Waals surface area contributed by atoms with Gasteiger partial charge in [-0.05, 0) is 24.6 Å². The number of alkyl halides is 1. The molecule has 0 spiro atoms. The maximum atomic E-state index is 6.18. The van der Waals surface area contributed by atoms with Crippen LogP contribution in [-0.4, -0.2) is 18.3 Å². The van der Waals surface area contributed by atoms with Gasteiger partial charge in [-0.2, -0.15) is 0 Å². The zero-order valence-corrected chi connectivity index (χ0v) is 12.1. The van der Waals surface area contributed by atoms with Crippen LogP contribution in [0, 0.1) is 6.92 Å². The number of nitrogens with zero attached hydrogens (tertiary/aromatic N) is 1. The molecule has 0 saturated carbocycles. The number of aryl methyl sites for hydroxylation is 1. The predicted molar refractivity (Wildman–Crippen MR) is 82.5 cm³/mol. The summed E-state index contributed by atoms with van der Waals surface area (Å²) in [5.41, 5.74) is 2.75. The molecule has 2 aromatic rings. The highest BCUT2D eigenvalue weighted by Gasteiger charge is 2.39. The fourth-order valence-corrected chi connectivity index (χ4v) is 2.63. The molecule has 0 N–H and O–H groups in total. The van der Waals surface area contributed by atoms with Crippen molar-refractivity contribution in [2.75, 3.05) is 12.4 Å². The van der Waals surface area contributed by atoms with Gasteiger partial charge in [-0.15, -0.1) is 11.6 Å². The van der Waals surface area contributed by atoms with E-state index >= 15 is 0 Å². The Labute approximate surface area is 124 Å². The van der Waals surface area contributed by atoms with E-state index in [1.165, 1.54) is 5.56 Å². The topological polar surface area (TPSA) is 21.6 Å². The van der Waals surface area contributed by atoms with Gasteiger partial charge >= 0.3 is 0 Å². The second-order valence-electron chi connectivity index (χ2n) is 5.08. The number of rotatable bonds is 3. The van der Waals surface area contributed by atoms with Crippen LogP contribution in [0.25, 0.3) is 0 Å². The zero-order valence-electron chi connectivity index (χ0n) is 11.3. The Kier molecular flexibility index (Phi) is 3.49. The predicted octanol–water partition coefficient (Wildman–Crippen LogP) is 3.91. The van der Waals surface area contributed by atoms with Crippen molar-refractivity contribution in [2.24, 2.45) is 4.99 Å². The summed E-state index contributed by atoms with van der Waals surface area (Å²) in [6.07, 6.45) is 0. The van der Waals surface area contributed by atoms with Gasteiger partial charge in [0.25, 0.3) is 0 Å².